The molecule has 1 saturated carbocycles. The molecule has 0 atom stereocenters. The van der Waals surface area contributed by atoms with Crippen molar-refractivity contribution in [3.63, 3.8) is 0 Å². The smallest absolute Gasteiger partial charge is 0.369 e. The van der Waals surface area contributed by atoms with E-state index in [1.54, 1.807) is 0 Å². The number of amides is 1. The van der Waals surface area contributed by atoms with Gasteiger partial charge in [0.25, 0.3) is 0 Å². The molecule has 0 aromatic carbocycles. The monoisotopic (exact) mass is 345 g/mol. The van der Waals surface area contributed by atoms with Gasteiger partial charge in [-0.2, -0.15) is 39.5 Å². The maximum Gasteiger partial charge on any atom is 0.460 e. The lowest BCUT2D eigenvalue weighted by molar-refractivity contribution is -0.404. The molecule has 1 amide bonds. The lowest BCUT2D eigenvalue weighted by Crippen LogP contribution is -2.63. The van der Waals surface area contributed by atoms with Crippen molar-refractivity contribution < 1.29 is 44.3 Å². The van der Waals surface area contributed by atoms with Crippen molar-refractivity contribution in [2.45, 2.75) is 49.6 Å². The lowest BCUT2D eigenvalue weighted by Gasteiger charge is -2.39. The van der Waals surface area contributed by atoms with Crippen LogP contribution in [-0.2, 0) is 4.79 Å². The Morgan fingerprint density at radius 3 is 1.50 bits per heavy atom. The molecule has 0 unspecified atom stereocenters. The maximum absolute atomic E-state index is 13.6. The van der Waals surface area contributed by atoms with Crippen molar-refractivity contribution in [2.75, 3.05) is 0 Å². The summed E-state index contributed by atoms with van der Waals surface area (Å²) in [6.45, 7) is 0. The minimum absolute atomic E-state index is 0.372. The molecule has 0 aromatic rings. The Morgan fingerprint density at radius 1 is 0.773 bits per heavy atom. The predicted molar refractivity (Wildman–Crippen MR) is 55.5 cm³/mol. The summed E-state index contributed by atoms with van der Waals surface area (Å²) in [5.41, 5.74) is 4.89. The van der Waals surface area contributed by atoms with Gasteiger partial charge in [-0.1, -0.05) is 0 Å². The van der Waals surface area contributed by atoms with Crippen LogP contribution in [0.2, 0.25) is 0 Å². The van der Waals surface area contributed by atoms with Gasteiger partial charge in [-0.3, -0.25) is 4.79 Å². The summed E-state index contributed by atoms with van der Waals surface area (Å²) in [5, 5.41) is 0. The number of halogens is 9. The third-order valence-electron chi connectivity index (χ3n) is 3.81. The summed E-state index contributed by atoms with van der Waals surface area (Å²) in [4.78, 5) is 10.8. The van der Waals surface area contributed by atoms with Crippen LogP contribution in [0.25, 0.3) is 0 Å². The van der Waals surface area contributed by atoms with E-state index < -0.39 is 54.5 Å². The molecule has 0 heterocycles. The molecule has 0 aromatic heterocycles. The molecule has 0 saturated heterocycles. The van der Waals surface area contributed by atoms with Crippen LogP contribution in [0.1, 0.15) is 25.7 Å². The minimum Gasteiger partial charge on any atom is -0.369 e. The molecule has 1 rings (SSSR count). The van der Waals surface area contributed by atoms with E-state index in [2.05, 4.69) is 0 Å². The Hall–Kier alpha value is -1.16. The van der Waals surface area contributed by atoms with E-state index in [1.807, 2.05) is 0 Å². The van der Waals surface area contributed by atoms with Crippen LogP contribution >= 0.6 is 0 Å². The fourth-order valence-corrected chi connectivity index (χ4v) is 2.38. The van der Waals surface area contributed by atoms with Crippen molar-refractivity contribution >= 4 is 5.91 Å². The van der Waals surface area contributed by atoms with Crippen molar-refractivity contribution in [3.8, 4) is 0 Å². The average Bonchev–Trinajstić information content (AvgIpc) is 2.37. The predicted octanol–water partition coefficient (Wildman–Crippen LogP) is 3.75. The minimum atomic E-state index is -6.87. The number of carbonyl (C=O) groups excluding carboxylic acids is 1. The number of alkyl halides is 9. The summed E-state index contributed by atoms with van der Waals surface area (Å²) in [7, 11) is 0. The number of nitrogens with two attached hydrogens (primary N) is 1. The molecule has 1 fully saturated rings. The zero-order valence-corrected chi connectivity index (χ0v) is 10.9. The van der Waals surface area contributed by atoms with Crippen LogP contribution in [0.5, 0.6) is 0 Å². The lowest BCUT2D eigenvalue weighted by atomic mass is 9.76. The second-order valence-corrected chi connectivity index (χ2v) is 5.22. The van der Waals surface area contributed by atoms with Gasteiger partial charge in [-0.25, -0.2) is 0 Å². The Morgan fingerprint density at radius 2 is 1.18 bits per heavy atom. The molecule has 130 valence electrons. The summed E-state index contributed by atoms with van der Waals surface area (Å²) < 4.78 is 115. The van der Waals surface area contributed by atoms with Crippen molar-refractivity contribution in [3.05, 3.63) is 0 Å². The normalized spacial score (nSPS) is 25.1. The molecule has 0 bridgehead atoms. The van der Waals surface area contributed by atoms with Gasteiger partial charge in [-0.05, 0) is 25.7 Å². The first kappa shape index (κ1) is 18.9. The summed E-state index contributed by atoms with van der Waals surface area (Å²) in [5.74, 6) is -23.2. The molecule has 11 heteroatoms. The van der Waals surface area contributed by atoms with Crippen LogP contribution in [0.15, 0.2) is 0 Å². The van der Waals surface area contributed by atoms with Crippen LogP contribution < -0.4 is 5.73 Å². The zero-order valence-electron chi connectivity index (χ0n) is 10.9. The van der Waals surface area contributed by atoms with Gasteiger partial charge < -0.3 is 5.73 Å². The summed E-state index contributed by atoms with van der Waals surface area (Å²) >= 11 is 0. The summed E-state index contributed by atoms with van der Waals surface area (Å²) in [6, 6.07) is 0. The highest BCUT2D eigenvalue weighted by Crippen LogP contribution is 2.57. The number of rotatable bonds is 4. The molecule has 1 aliphatic carbocycles. The molecule has 2 N–H and O–H groups in total. The third-order valence-corrected chi connectivity index (χ3v) is 3.81. The second-order valence-electron chi connectivity index (χ2n) is 5.22. The first-order chi connectivity index (χ1) is 9.66. The van der Waals surface area contributed by atoms with Gasteiger partial charge in [0.15, 0.2) is 0 Å². The first-order valence-corrected chi connectivity index (χ1v) is 6.15. The SMILES string of the molecule is NC(=O)C1CCC(C(F)(F)C(F)(F)C(F)(F)C(F)(F)F)CC1. The van der Waals surface area contributed by atoms with Gasteiger partial charge in [-0.15, -0.1) is 0 Å². The standard InChI is InChI=1S/C11H12F9NO/c12-8(13,6-3-1-5(2-4-6)7(21)22)9(14,15)10(16,17)11(18,19)20/h5-6H,1-4H2,(H2,21,22). The van der Waals surface area contributed by atoms with Gasteiger partial charge >= 0.3 is 23.9 Å². The van der Waals surface area contributed by atoms with E-state index in [-0.39, 0.29) is 12.8 Å². The van der Waals surface area contributed by atoms with Crippen molar-refractivity contribution in [1.82, 2.24) is 0 Å². The van der Waals surface area contributed by atoms with Crippen molar-refractivity contribution in [1.29, 1.82) is 0 Å². The Balaban J connectivity index is 3.01. The van der Waals surface area contributed by atoms with E-state index in [0.29, 0.717) is 0 Å². The zero-order chi connectivity index (χ0) is 17.6. The van der Waals surface area contributed by atoms with E-state index >= 15 is 0 Å². The molecule has 2 nitrogen and oxygen atoms in total. The number of primary amides is 1. The van der Waals surface area contributed by atoms with E-state index in [1.165, 1.54) is 0 Å². The quantitative estimate of drug-likeness (QED) is 0.775. The Kier molecular flexibility index (Phi) is 4.71. The molecular formula is C11H12F9NO. The molecule has 0 spiro atoms. The molecule has 1 aliphatic rings. The van der Waals surface area contributed by atoms with Crippen molar-refractivity contribution in [2.24, 2.45) is 17.6 Å². The number of hydrogen-bond acceptors (Lipinski definition) is 1. The average molecular weight is 345 g/mol. The molecule has 0 aliphatic heterocycles. The van der Waals surface area contributed by atoms with Gasteiger partial charge in [0.1, 0.15) is 0 Å². The molecule has 22 heavy (non-hydrogen) atoms. The van der Waals surface area contributed by atoms with Crippen LogP contribution in [-0.4, -0.2) is 29.9 Å². The maximum atomic E-state index is 13.6. The highest BCUT2D eigenvalue weighted by molar-refractivity contribution is 5.76. The van der Waals surface area contributed by atoms with E-state index in [9.17, 15) is 44.3 Å². The van der Waals surface area contributed by atoms with Gasteiger partial charge in [0.05, 0.1) is 0 Å². The van der Waals surface area contributed by atoms with Crippen LogP contribution in [0.3, 0.4) is 0 Å². The van der Waals surface area contributed by atoms with Crippen LogP contribution in [0.4, 0.5) is 39.5 Å². The molecule has 0 radical (unpaired) electrons. The number of carbonyl (C=O) groups is 1. The molecular weight excluding hydrogens is 333 g/mol. The summed E-state index contributed by atoms with van der Waals surface area (Å²) in [6.07, 6.45) is -9.16. The van der Waals surface area contributed by atoms with Gasteiger partial charge in [0.2, 0.25) is 5.91 Å². The fraction of sp³-hybridized carbons (Fsp3) is 0.909. The fourth-order valence-electron chi connectivity index (χ4n) is 2.38. The largest absolute Gasteiger partial charge is 0.460 e. The second kappa shape index (κ2) is 5.48. The topological polar surface area (TPSA) is 43.1 Å². The van der Waals surface area contributed by atoms with Crippen LogP contribution in [0, 0.1) is 11.8 Å². The Bertz CT molecular complexity index is 424. The van der Waals surface area contributed by atoms with E-state index in [0.717, 1.165) is 0 Å². The first-order valence-electron chi connectivity index (χ1n) is 6.15. The Labute approximate surface area is 118 Å². The highest BCUT2D eigenvalue weighted by Gasteiger charge is 2.82. The number of hydrogen-bond donors (Lipinski definition) is 1. The highest BCUT2D eigenvalue weighted by atomic mass is 19.4. The van der Waals surface area contributed by atoms with E-state index in [4.69, 9.17) is 5.73 Å². The van der Waals surface area contributed by atoms with Gasteiger partial charge in [0, 0.05) is 11.8 Å². The third kappa shape index (κ3) is 2.85.